The second-order valence-electron chi connectivity index (χ2n) is 5.57. The normalized spacial score (nSPS) is 15.4. The number of methoxy groups -OCH3 is 2. The topological polar surface area (TPSA) is 67.9 Å². The van der Waals surface area contributed by atoms with E-state index in [2.05, 4.69) is 5.32 Å². The summed E-state index contributed by atoms with van der Waals surface area (Å²) in [7, 11) is 3.06. The van der Waals surface area contributed by atoms with E-state index in [-0.39, 0.29) is 17.7 Å². The summed E-state index contributed by atoms with van der Waals surface area (Å²) < 4.78 is 23.4. The van der Waals surface area contributed by atoms with Gasteiger partial charge in [0.1, 0.15) is 5.82 Å². The average molecular weight is 388 g/mol. The van der Waals surface area contributed by atoms with E-state index in [1.807, 2.05) is 0 Å². The molecule has 0 aliphatic carbocycles. The van der Waals surface area contributed by atoms with Crippen LogP contribution in [0.3, 0.4) is 0 Å². The van der Waals surface area contributed by atoms with Crippen molar-refractivity contribution in [1.82, 2.24) is 4.90 Å². The first-order chi connectivity index (χ1) is 13.0. The van der Waals surface area contributed by atoms with E-state index >= 15 is 0 Å². The average Bonchev–Trinajstić information content (AvgIpc) is 2.94. The van der Waals surface area contributed by atoms with E-state index < -0.39 is 5.91 Å². The van der Waals surface area contributed by atoms with Crippen molar-refractivity contribution >= 4 is 34.7 Å². The van der Waals surface area contributed by atoms with Crippen molar-refractivity contribution < 1.29 is 23.5 Å². The molecule has 1 saturated heterocycles. The van der Waals surface area contributed by atoms with Gasteiger partial charge in [0.2, 0.25) is 0 Å². The molecule has 1 N–H and O–H groups in total. The molecule has 0 atom stereocenters. The zero-order valence-corrected chi connectivity index (χ0v) is 15.5. The number of carbonyl (C=O) groups is 2. The number of nitrogens with zero attached hydrogens (tertiary/aromatic N) is 1. The maximum atomic E-state index is 12.9. The van der Waals surface area contributed by atoms with Gasteiger partial charge in [-0.05, 0) is 59.8 Å². The predicted molar refractivity (Wildman–Crippen MR) is 102 cm³/mol. The molecule has 1 aliphatic heterocycles. The van der Waals surface area contributed by atoms with Crippen molar-refractivity contribution in [2.75, 3.05) is 26.2 Å². The van der Waals surface area contributed by atoms with E-state index in [4.69, 9.17) is 9.47 Å². The molecule has 2 aromatic rings. The number of halogens is 1. The van der Waals surface area contributed by atoms with Crippen molar-refractivity contribution in [3.05, 3.63) is 58.8 Å². The third kappa shape index (κ3) is 4.22. The minimum Gasteiger partial charge on any atom is -0.493 e. The van der Waals surface area contributed by atoms with E-state index in [9.17, 15) is 14.0 Å². The van der Waals surface area contributed by atoms with Crippen LogP contribution in [0.1, 0.15) is 5.56 Å². The van der Waals surface area contributed by atoms with E-state index in [1.54, 1.807) is 24.3 Å². The number of ether oxygens (including phenoxy) is 2. The summed E-state index contributed by atoms with van der Waals surface area (Å²) >= 11 is 0.864. The zero-order chi connectivity index (χ0) is 19.4. The SMILES string of the molecule is COc1ccc(/C=C2/SC(=O)N(CNc3ccc(F)cc3)C2=O)cc1OC. The van der Waals surface area contributed by atoms with E-state index in [0.29, 0.717) is 27.7 Å². The second-order valence-corrected chi connectivity index (χ2v) is 6.56. The summed E-state index contributed by atoms with van der Waals surface area (Å²) in [5, 5.41) is 2.56. The number of thioether (sulfide) groups is 1. The predicted octanol–water partition coefficient (Wildman–Crippen LogP) is 3.95. The van der Waals surface area contributed by atoms with Gasteiger partial charge in [0.05, 0.1) is 25.8 Å². The molecule has 8 heteroatoms. The molecule has 3 rings (SSSR count). The van der Waals surface area contributed by atoms with Gasteiger partial charge in [-0.1, -0.05) is 6.07 Å². The molecule has 6 nitrogen and oxygen atoms in total. The number of hydrogen-bond donors (Lipinski definition) is 1. The van der Waals surface area contributed by atoms with Crippen LogP contribution in [0.2, 0.25) is 0 Å². The molecule has 2 aromatic carbocycles. The maximum absolute atomic E-state index is 12.9. The lowest BCUT2D eigenvalue weighted by atomic mass is 10.2. The fourth-order valence-corrected chi connectivity index (χ4v) is 3.31. The fraction of sp³-hybridized carbons (Fsp3) is 0.158. The third-order valence-corrected chi connectivity index (χ3v) is 4.77. The zero-order valence-electron chi connectivity index (χ0n) is 14.7. The number of anilines is 1. The summed E-state index contributed by atoms with van der Waals surface area (Å²) in [6, 6.07) is 10.9. The summed E-state index contributed by atoms with van der Waals surface area (Å²) in [6.45, 7) is -0.000424. The molecule has 0 aromatic heterocycles. The van der Waals surface area contributed by atoms with Crippen LogP contribution in [-0.2, 0) is 4.79 Å². The first-order valence-corrected chi connectivity index (χ1v) is 8.80. The quantitative estimate of drug-likeness (QED) is 0.756. The summed E-state index contributed by atoms with van der Waals surface area (Å²) in [5.41, 5.74) is 1.32. The summed E-state index contributed by atoms with van der Waals surface area (Å²) in [6.07, 6.45) is 1.63. The Morgan fingerprint density at radius 2 is 1.78 bits per heavy atom. The van der Waals surface area contributed by atoms with Crippen LogP contribution in [0, 0.1) is 5.82 Å². The molecule has 0 radical (unpaired) electrons. The van der Waals surface area contributed by atoms with Gasteiger partial charge in [0.15, 0.2) is 11.5 Å². The molecule has 0 unspecified atom stereocenters. The lowest BCUT2D eigenvalue weighted by molar-refractivity contribution is -0.122. The minimum absolute atomic E-state index is 0.000424. The number of nitrogens with one attached hydrogen (secondary N) is 1. The van der Waals surface area contributed by atoms with Crippen LogP contribution in [0.5, 0.6) is 11.5 Å². The van der Waals surface area contributed by atoms with Crippen molar-refractivity contribution in [3.63, 3.8) is 0 Å². The summed E-state index contributed by atoms with van der Waals surface area (Å²) in [5.74, 6) is 0.355. The lowest BCUT2D eigenvalue weighted by Crippen LogP contribution is -2.33. The Morgan fingerprint density at radius 3 is 2.44 bits per heavy atom. The summed E-state index contributed by atoms with van der Waals surface area (Å²) in [4.78, 5) is 26.1. The van der Waals surface area contributed by atoms with Gasteiger partial charge < -0.3 is 14.8 Å². The molecule has 1 aliphatic rings. The smallest absolute Gasteiger partial charge is 0.295 e. The Kier molecular flexibility index (Phi) is 5.66. The van der Waals surface area contributed by atoms with E-state index in [0.717, 1.165) is 16.7 Å². The van der Waals surface area contributed by atoms with Gasteiger partial charge in [-0.25, -0.2) is 4.39 Å². The molecule has 1 heterocycles. The second kappa shape index (κ2) is 8.13. The Labute approximate surface area is 159 Å². The molecule has 0 saturated carbocycles. The van der Waals surface area contributed by atoms with E-state index in [1.165, 1.54) is 38.5 Å². The highest BCUT2D eigenvalue weighted by Crippen LogP contribution is 2.34. The van der Waals surface area contributed by atoms with Crippen molar-refractivity contribution in [1.29, 1.82) is 0 Å². The van der Waals surface area contributed by atoms with Crippen molar-refractivity contribution in [3.8, 4) is 11.5 Å². The van der Waals surface area contributed by atoms with Crippen LogP contribution in [-0.4, -0.2) is 36.9 Å². The molecule has 27 heavy (non-hydrogen) atoms. The third-order valence-electron chi connectivity index (χ3n) is 3.86. The number of benzene rings is 2. The highest BCUT2D eigenvalue weighted by atomic mass is 32.2. The van der Waals surface area contributed by atoms with Crippen LogP contribution in [0.4, 0.5) is 14.9 Å². The first-order valence-electron chi connectivity index (χ1n) is 7.98. The van der Waals surface area contributed by atoms with Gasteiger partial charge in [0, 0.05) is 5.69 Å². The Balaban J connectivity index is 1.73. The van der Waals surface area contributed by atoms with Gasteiger partial charge in [-0.2, -0.15) is 0 Å². The Morgan fingerprint density at radius 1 is 1.07 bits per heavy atom. The Hall–Kier alpha value is -3.00. The number of amides is 2. The molecule has 140 valence electrons. The maximum Gasteiger partial charge on any atom is 0.295 e. The fourth-order valence-electron chi connectivity index (χ4n) is 2.47. The highest BCUT2D eigenvalue weighted by Gasteiger charge is 2.34. The number of carbonyl (C=O) groups excluding carboxylic acids is 2. The highest BCUT2D eigenvalue weighted by molar-refractivity contribution is 8.18. The van der Waals surface area contributed by atoms with Gasteiger partial charge in [-0.3, -0.25) is 14.5 Å². The van der Waals surface area contributed by atoms with Gasteiger partial charge in [0.25, 0.3) is 11.1 Å². The standard InChI is InChI=1S/C19H17FN2O4S/c1-25-15-8-3-12(9-16(15)26-2)10-17-18(23)22(19(24)27-17)11-21-14-6-4-13(20)5-7-14/h3-10,21H,11H2,1-2H3/b17-10+. The van der Waals surface area contributed by atoms with Crippen LogP contribution < -0.4 is 14.8 Å². The number of rotatable bonds is 6. The largest absolute Gasteiger partial charge is 0.493 e. The molecule has 1 fully saturated rings. The molecule has 0 spiro atoms. The minimum atomic E-state index is -0.394. The Bertz CT molecular complexity index is 899. The molecular formula is C19H17FN2O4S. The molecular weight excluding hydrogens is 371 g/mol. The van der Waals surface area contributed by atoms with Crippen molar-refractivity contribution in [2.24, 2.45) is 0 Å². The van der Waals surface area contributed by atoms with Crippen LogP contribution >= 0.6 is 11.8 Å². The lowest BCUT2D eigenvalue weighted by Gasteiger charge is -2.14. The van der Waals surface area contributed by atoms with Gasteiger partial charge >= 0.3 is 0 Å². The van der Waals surface area contributed by atoms with Crippen LogP contribution in [0.15, 0.2) is 47.4 Å². The monoisotopic (exact) mass is 388 g/mol. The van der Waals surface area contributed by atoms with Crippen molar-refractivity contribution in [2.45, 2.75) is 0 Å². The number of hydrogen-bond acceptors (Lipinski definition) is 6. The number of imide groups is 1. The van der Waals surface area contributed by atoms with Crippen LogP contribution in [0.25, 0.3) is 6.08 Å². The molecule has 2 amide bonds. The molecule has 0 bridgehead atoms. The van der Waals surface area contributed by atoms with Gasteiger partial charge in [-0.15, -0.1) is 0 Å². The first kappa shape index (κ1) is 18.8.